The number of benzene rings is 1. The quantitative estimate of drug-likeness (QED) is 0.525. The van der Waals surface area contributed by atoms with E-state index in [0.29, 0.717) is 5.69 Å². The molecule has 0 amide bonds. The van der Waals surface area contributed by atoms with Crippen LogP contribution in [0, 0.1) is 0 Å². The van der Waals surface area contributed by atoms with E-state index in [0.717, 1.165) is 17.1 Å². The van der Waals surface area contributed by atoms with Crippen molar-refractivity contribution in [1.82, 2.24) is 9.78 Å². The minimum Gasteiger partial charge on any atom is -0.290 e. The molecule has 0 N–H and O–H groups in total. The van der Waals surface area contributed by atoms with Gasteiger partial charge in [-0.3, -0.25) is 9.48 Å². The van der Waals surface area contributed by atoms with Gasteiger partial charge >= 0.3 is 0 Å². The molecule has 0 fully saturated rings. The molecular formula is C17H22N2OS2. The van der Waals surface area contributed by atoms with E-state index < -0.39 is 0 Å². The van der Waals surface area contributed by atoms with Crippen LogP contribution < -0.4 is 0 Å². The van der Waals surface area contributed by atoms with Gasteiger partial charge in [0.25, 0.3) is 0 Å². The first-order valence-corrected chi connectivity index (χ1v) is 9.64. The Balaban J connectivity index is 2.26. The van der Waals surface area contributed by atoms with Crippen LogP contribution in [0.3, 0.4) is 0 Å². The summed E-state index contributed by atoms with van der Waals surface area (Å²) in [6.45, 7) is 6.25. The summed E-state index contributed by atoms with van der Waals surface area (Å²) in [4.78, 5) is 12.8. The van der Waals surface area contributed by atoms with Gasteiger partial charge in [0, 0.05) is 6.20 Å². The molecule has 0 saturated heterocycles. The van der Waals surface area contributed by atoms with Crippen LogP contribution in [0.4, 0.5) is 0 Å². The lowest BCUT2D eigenvalue weighted by Gasteiger charge is -2.18. The Morgan fingerprint density at radius 3 is 2.36 bits per heavy atom. The highest BCUT2D eigenvalue weighted by Crippen LogP contribution is 2.28. The number of carbonyl (C=O) groups excluding carboxylic acids is 1. The van der Waals surface area contributed by atoms with E-state index in [1.165, 1.54) is 0 Å². The zero-order valence-electron chi connectivity index (χ0n) is 13.2. The van der Waals surface area contributed by atoms with E-state index >= 15 is 0 Å². The molecule has 1 atom stereocenters. The fraction of sp³-hybridized carbons (Fsp3) is 0.412. The molecular weight excluding hydrogens is 312 g/mol. The molecule has 5 heteroatoms. The van der Waals surface area contributed by atoms with E-state index in [4.69, 9.17) is 0 Å². The summed E-state index contributed by atoms with van der Waals surface area (Å²) in [6, 6.07) is 12.0. The molecule has 0 spiro atoms. The van der Waals surface area contributed by atoms with Gasteiger partial charge in [-0.15, -0.1) is 23.5 Å². The molecule has 0 bridgehead atoms. The summed E-state index contributed by atoms with van der Waals surface area (Å²) in [7, 11) is 0. The molecule has 0 radical (unpaired) electrons. The Bertz CT molecular complexity index is 592. The minimum absolute atomic E-state index is 0.0478. The van der Waals surface area contributed by atoms with Crippen molar-refractivity contribution in [2.45, 2.75) is 31.4 Å². The molecule has 3 nitrogen and oxygen atoms in total. The molecule has 1 aromatic carbocycles. The summed E-state index contributed by atoms with van der Waals surface area (Å²) in [5.74, 6) is 2.04. The highest BCUT2D eigenvalue weighted by molar-refractivity contribution is 8.18. The van der Waals surface area contributed by atoms with Crippen LogP contribution in [0.2, 0.25) is 0 Å². The average molecular weight is 335 g/mol. The number of nitrogens with zero attached hydrogens (tertiary/aromatic N) is 2. The normalized spacial score (nSPS) is 12.5. The average Bonchev–Trinajstić information content (AvgIpc) is 3.03. The van der Waals surface area contributed by atoms with Gasteiger partial charge in [0.15, 0.2) is 0 Å². The van der Waals surface area contributed by atoms with Crippen molar-refractivity contribution in [2.24, 2.45) is 0 Å². The first kappa shape index (κ1) is 17.2. The molecule has 22 heavy (non-hydrogen) atoms. The van der Waals surface area contributed by atoms with Gasteiger partial charge in [-0.25, -0.2) is 0 Å². The SMILES string of the molecule is CCSC(SCC)C(=O)c1ccnn1[C@H](C)c1ccccc1. The van der Waals surface area contributed by atoms with Gasteiger partial charge in [0.05, 0.1) is 6.04 Å². The molecule has 0 saturated carbocycles. The monoisotopic (exact) mass is 334 g/mol. The predicted molar refractivity (Wildman–Crippen MR) is 96.9 cm³/mol. The second-order valence-electron chi connectivity index (χ2n) is 4.85. The van der Waals surface area contributed by atoms with Crippen LogP contribution in [-0.4, -0.2) is 31.7 Å². The molecule has 0 unspecified atom stereocenters. The topological polar surface area (TPSA) is 34.9 Å². The maximum absolute atomic E-state index is 12.8. The molecule has 2 aromatic rings. The summed E-state index contributed by atoms with van der Waals surface area (Å²) in [5, 5.41) is 4.39. The molecule has 0 aliphatic carbocycles. The number of hydrogen-bond donors (Lipinski definition) is 0. The number of rotatable bonds is 8. The molecule has 0 aliphatic heterocycles. The summed E-state index contributed by atoms with van der Waals surface area (Å²) in [6.07, 6.45) is 1.72. The molecule has 0 aliphatic rings. The van der Waals surface area contributed by atoms with Crippen LogP contribution >= 0.6 is 23.5 Å². The van der Waals surface area contributed by atoms with Gasteiger partial charge < -0.3 is 0 Å². The van der Waals surface area contributed by atoms with Crippen LogP contribution in [0.25, 0.3) is 0 Å². The lowest BCUT2D eigenvalue weighted by atomic mass is 10.1. The minimum atomic E-state index is -0.0478. The van der Waals surface area contributed by atoms with E-state index in [2.05, 4.69) is 38.0 Å². The van der Waals surface area contributed by atoms with Crippen molar-refractivity contribution in [2.75, 3.05) is 11.5 Å². The van der Waals surface area contributed by atoms with E-state index in [1.54, 1.807) is 29.7 Å². The highest BCUT2D eigenvalue weighted by Gasteiger charge is 2.25. The second kappa shape index (κ2) is 8.44. The van der Waals surface area contributed by atoms with E-state index in [-0.39, 0.29) is 16.4 Å². The third kappa shape index (κ3) is 3.96. The van der Waals surface area contributed by atoms with Crippen molar-refractivity contribution in [3.63, 3.8) is 0 Å². The zero-order chi connectivity index (χ0) is 15.9. The Morgan fingerprint density at radius 1 is 1.14 bits per heavy atom. The lowest BCUT2D eigenvalue weighted by Crippen LogP contribution is -2.21. The Labute approximate surface area is 140 Å². The van der Waals surface area contributed by atoms with E-state index in [1.807, 2.05) is 28.9 Å². The summed E-state index contributed by atoms with van der Waals surface area (Å²) in [5.41, 5.74) is 1.85. The fourth-order valence-electron chi connectivity index (χ4n) is 2.31. The first-order chi connectivity index (χ1) is 10.7. The van der Waals surface area contributed by atoms with Crippen LogP contribution in [-0.2, 0) is 0 Å². The number of thioether (sulfide) groups is 2. The van der Waals surface area contributed by atoms with Gasteiger partial charge in [-0.1, -0.05) is 44.2 Å². The standard InChI is InChI=1S/C17H22N2OS2/c1-4-21-17(22-5-2)16(20)15-11-12-18-19(15)13(3)14-9-7-6-8-10-14/h6-13,17H,4-5H2,1-3H3/t13-/m1/s1. The van der Waals surface area contributed by atoms with Crippen molar-refractivity contribution in [1.29, 1.82) is 0 Å². The molecule has 1 aromatic heterocycles. The third-order valence-corrected chi connectivity index (χ3v) is 5.94. The lowest BCUT2D eigenvalue weighted by molar-refractivity contribution is 0.0999. The molecule has 1 heterocycles. The van der Waals surface area contributed by atoms with Crippen LogP contribution in [0.15, 0.2) is 42.6 Å². The van der Waals surface area contributed by atoms with Gasteiger partial charge in [0.2, 0.25) is 5.78 Å². The second-order valence-corrected chi connectivity index (χ2v) is 7.92. The predicted octanol–water partition coefficient (Wildman–Crippen LogP) is 4.51. The molecule has 118 valence electrons. The van der Waals surface area contributed by atoms with Crippen molar-refractivity contribution < 1.29 is 4.79 Å². The maximum atomic E-state index is 12.8. The van der Waals surface area contributed by atoms with Crippen molar-refractivity contribution in [3.05, 3.63) is 53.9 Å². The number of hydrogen-bond acceptors (Lipinski definition) is 4. The van der Waals surface area contributed by atoms with Gasteiger partial charge in [-0.05, 0) is 30.1 Å². The Hall–Kier alpha value is -1.20. The smallest absolute Gasteiger partial charge is 0.203 e. The maximum Gasteiger partial charge on any atom is 0.203 e. The molecule has 2 rings (SSSR count). The summed E-state index contributed by atoms with van der Waals surface area (Å²) >= 11 is 3.39. The Kier molecular flexibility index (Phi) is 6.58. The van der Waals surface area contributed by atoms with Crippen LogP contribution in [0.1, 0.15) is 42.9 Å². The van der Waals surface area contributed by atoms with E-state index in [9.17, 15) is 4.79 Å². The van der Waals surface area contributed by atoms with Crippen LogP contribution in [0.5, 0.6) is 0 Å². The van der Waals surface area contributed by atoms with Gasteiger partial charge in [-0.2, -0.15) is 5.10 Å². The number of carbonyl (C=O) groups is 1. The first-order valence-electron chi connectivity index (χ1n) is 7.54. The Morgan fingerprint density at radius 2 is 1.77 bits per heavy atom. The number of ketones is 1. The van der Waals surface area contributed by atoms with Crippen molar-refractivity contribution in [3.8, 4) is 0 Å². The zero-order valence-corrected chi connectivity index (χ0v) is 14.9. The number of aromatic nitrogens is 2. The summed E-state index contributed by atoms with van der Waals surface area (Å²) < 4.78 is 1.80. The van der Waals surface area contributed by atoms with Gasteiger partial charge in [0.1, 0.15) is 10.3 Å². The highest BCUT2D eigenvalue weighted by atomic mass is 32.2. The largest absolute Gasteiger partial charge is 0.290 e. The number of Topliss-reactive ketones (excluding diaryl/α,β-unsaturated/α-hetero) is 1. The van der Waals surface area contributed by atoms with Crippen molar-refractivity contribution >= 4 is 29.3 Å². The third-order valence-electron chi connectivity index (χ3n) is 3.42. The fourth-order valence-corrected chi connectivity index (χ4v) is 4.66.